The van der Waals surface area contributed by atoms with Crippen LogP contribution in [0.4, 0.5) is 0 Å². The van der Waals surface area contributed by atoms with Gasteiger partial charge in [-0.05, 0) is 96.3 Å². The number of hydrogen-bond acceptors (Lipinski definition) is 7. The molecule has 9 nitrogen and oxygen atoms in total. The minimum absolute atomic E-state index is 0.0196. The number of rotatable bonds is 60. The molecule has 80 heavy (non-hydrogen) atoms. The zero-order chi connectivity index (χ0) is 58.4. The summed E-state index contributed by atoms with van der Waals surface area (Å²) in [5.74, 6) is -0.844. The molecule has 0 aromatic rings. The standard InChI is InChI=1S/C70H124NO8P/c1-6-8-10-12-14-16-18-20-22-24-26-28-29-30-31-32-33-34-35-36-37-38-39-40-41-43-44-46-48-50-52-54-56-58-60-62-69(72)76-66-68(67-78-80(74,75)77-65-64-71(3,4)5)79-70(73)63-61-59-57-55-53-51-49-47-45-42-27-25-23-21-19-17-15-13-11-9-7-2/h9,11,15,17-18,20-21,23-24,26-27,42,47,49,53,55,68H,6-8,10,12-14,16,19,22,25,28-41,43-46,48,50-52,54,56-67H2,1-5H3/p+1/b11-9-,17-15-,20-18-,23-21-,26-24-,42-27-,49-47-,55-53-. The number of nitrogens with zero attached hydrogens (tertiary/aromatic N) is 1. The van der Waals surface area contributed by atoms with E-state index in [4.69, 9.17) is 18.5 Å². The van der Waals surface area contributed by atoms with Crippen LogP contribution in [0.1, 0.15) is 284 Å². The first-order valence-corrected chi connectivity index (χ1v) is 34.5. The SMILES string of the molecule is CC/C=C\C/C=C\C/C=C\C/C=C\C/C=C\C/C=C\CCCCC(=O)OC(COC(=O)CCCCCCCCCCCCCCCCCCCCCCCCC/C=C\C/C=C\CCCCCCC)COP(=O)(O)OCC[N+](C)(C)C. The van der Waals surface area contributed by atoms with Gasteiger partial charge in [0.15, 0.2) is 6.10 Å². The van der Waals surface area contributed by atoms with Crippen molar-refractivity contribution in [1.82, 2.24) is 0 Å². The van der Waals surface area contributed by atoms with Crippen molar-refractivity contribution in [2.75, 3.05) is 47.5 Å². The average Bonchev–Trinajstić information content (AvgIpc) is 3.42. The Kier molecular flexibility index (Phi) is 58.2. The molecule has 0 aromatic heterocycles. The molecule has 0 amide bonds. The number of phosphoric acid groups is 1. The van der Waals surface area contributed by atoms with Gasteiger partial charge in [0.1, 0.15) is 19.8 Å². The summed E-state index contributed by atoms with van der Waals surface area (Å²) < 4.78 is 34.6. The van der Waals surface area contributed by atoms with Crippen molar-refractivity contribution < 1.29 is 42.1 Å². The van der Waals surface area contributed by atoms with Crippen LogP contribution in [0, 0.1) is 0 Å². The van der Waals surface area contributed by atoms with E-state index in [0.717, 1.165) is 77.0 Å². The van der Waals surface area contributed by atoms with Crippen LogP contribution in [0.5, 0.6) is 0 Å². The predicted molar refractivity (Wildman–Crippen MR) is 344 cm³/mol. The van der Waals surface area contributed by atoms with Gasteiger partial charge in [0.05, 0.1) is 27.7 Å². The maximum absolute atomic E-state index is 12.8. The van der Waals surface area contributed by atoms with Gasteiger partial charge in [0, 0.05) is 12.8 Å². The number of phosphoric ester groups is 1. The van der Waals surface area contributed by atoms with Crippen LogP contribution in [0.2, 0.25) is 0 Å². The highest BCUT2D eigenvalue weighted by Gasteiger charge is 2.27. The Bertz CT molecular complexity index is 1670. The number of carbonyl (C=O) groups is 2. The van der Waals surface area contributed by atoms with E-state index in [2.05, 4.69) is 111 Å². The van der Waals surface area contributed by atoms with E-state index < -0.39 is 26.5 Å². The third-order valence-corrected chi connectivity index (χ3v) is 15.1. The van der Waals surface area contributed by atoms with Crippen LogP contribution >= 0.6 is 7.82 Å². The monoisotopic (exact) mass is 1140 g/mol. The first-order chi connectivity index (χ1) is 39.0. The molecule has 0 fully saturated rings. The predicted octanol–water partition coefficient (Wildman–Crippen LogP) is 21.2. The summed E-state index contributed by atoms with van der Waals surface area (Å²) in [6, 6.07) is 0. The Morgan fingerprint density at radius 2 is 0.713 bits per heavy atom. The van der Waals surface area contributed by atoms with E-state index in [0.29, 0.717) is 17.4 Å². The fraction of sp³-hybridized carbons (Fsp3) is 0.743. The quantitative estimate of drug-likeness (QED) is 0.0211. The molecule has 0 bridgehead atoms. The lowest BCUT2D eigenvalue weighted by atomic mass is 10.0. The second-order valence-corrected chi connectivity index (χ2v) is 24.6. The van der Waals surface area contributed by atoms with Crippen molar-refractivity contribution in [1.29, 1.82) is 0 Å². The van der Waals surface area contributed by atoms with Crippen LogP contribution in [0.25, 0.3) is 0 Å². The fourth-order valence-electron chi connectivity index (χ4n) is 9.05. The highest BCUT2D eigenvalue weighted by atomic mass is 31.2. The summed E-state index contributed by atoms with van der Waals surface area (Å²) in [4.78, 5) is 35.8. The lowest BCUT2D eigenvalue weighted by Gasteiger charge is -2.24. The zero-order valence-electron chi connectivity index (χ0n) is 52.5. The van der Waals surface area contributed by atoms with E-state index in [1.807, 2.05) is 21.1 Å². The molecular formula is C70H125NO8P+. The normalized spacial score (nSPS) is 13.8. The Hall–Kier alpha value is -3.07. The van der Waals surface area contributed by atoms with Crippen molar-refractivity contribution in [3.63, 3.8) is 0 Å². The molecule has 1 N–H and O–H groups in total. The Morgan fingerprint density at radius 3 is 1.09 bits per heavy atom. The highest BCUT2D eigenvalue weighted by Crippen LogP contribution is 2.43. The van der Waals surface area contributed by atoms with Crippen LogP contribution in [-0.4, -0.2) is 74.9 Å². The number of allylic oxidation sites excluding steroid dienone is 16. The number of likely N-dealkylation sites (N-methyl/N-ethyl adjacent to an activating group) is 1. The van der Waals surface area contributed by atoms with Gasteiger partial charge < -0.3 is 18.9 Å². The maximum atomic E-state index is 12.8. The molecule has 0 aliphatic heterocycles. The van der Waals surface area contributed by atoms with Gasteiger partial charge in [-0.15, -0.1) is 0 Å². The van der Waals surface area contributed by atoms with Gasteiger partial charge in [-0.25, -0.2) is 4.57 Å². The molecule has 2 atom stereocenters. The number of esters is 2. The molecule has 0 rings (SSSR count). The third-order valence-electron chi connectivity index (χ3n) is 14.1. The fourth-order valence-corrected chi connectivity index (χ4v) is 9.79. The smallest absolute Gasteiger partial charge is 0.462 e. The Labute approximate surface area is 493 Å². The Morgan fingerprint density at radius 1 is 0.400 bits per heavy atom. The summed E-state index contributed by atoms with van der Waals surface area (Å²) in [6.45, 7) is 4.27. The molecular weight excluding hydrogens is 1010 g/mol. The van der Waals surface area contributed by atoms with Crippen LogP contribution < -0.4 is 0 Å². The zero-order valence-corrected chi connectivity index (χ0v) is 53.4. The van der Waals surface area contributed by atoms with Crippen molar-refractivity contribution in [3.8, 4) is 0 Å². The molecule has 10 heteroatoms. The van der Waals surface area contributed by atoms with E-state index in [9.17, 15) is 19.0 Å². The summed E-state index contributed by atoms with van der Waals surface area (Å²) in [7, 11) is 1.44. The molecule has 0 aromatic carbocycles. The van der Waals surface area contributed by atoms with Crippen molar-refractivity contribution in [3.05, 3.63) is 97.2 Å². The third kappa shape index (κ3) is 64.1. The second-order valence-electron chi connectivity index (χ2n) is 23.1. The van der Waals surface area contributed by atoms with E-state index in [1.165, 1.54) is 173 Å². The lowest BCUT2D eigenvalue weighted by Crippen LogP contribution is -2.37. The van der Waals surface area contributed by atoms with Gasteiger partial charge in [-0.3, -0.25) is 18.6 Å². The molecule has 0 saturated heterocycles. The van der Waals surface area contributed by atoms with Gasteiger partial charge in [0.25, 0.3) is 0 Å². The molecule has 0 spiro atoms. The van der Waals surface area contributed by atoms with Crippen molar-refractivity contribution >= 4 is 19.8 Å². The molecule has 0 heterocycles. The molecule has 0 radical (unpaired) electrons. The van der Waals surface area contributed by atoms with Crippen LogP contribution in [-0.2, 0) is 32.7 Å². The van der Waals surface area contributed by atoms with Crippen molar-refractivity contribution in [2.45, 2.75) is 290 Å². The average molecular weight is 1140 g/mol. The van der Waals surface area contributed by atoms with Gasteiger partial charge in [0.2, 0.25) is 0 Å². The Balaban J connectivity index is 4.05. The summed E-state index contributed by atoms with van der Waals surface area (Å²) >= 11 is 0. The van der Waals surface area contributed by atoms with Crippen LogP contribution in [0.3, 0.4) is 0 Å². The number of ether oxygens (including phenoxy) is 2. The largest absolute Gasteiger partial charge is 0.472 e. The van der Waals surface area contributed by atoms with Crippen molar-refractivity contribution in [2.24, 2.45) is 0 Å². The van der Waals surface area contributed by atoms with E-state index in [1.54, 1.807) is 0 Å². The minimum Gasteiger partial charge on any atom is -0.462 e. The maximum Gasteiger partial charge on any atom is 0.472 e. The lowest BCUT2D eigenvalue weighted by molar-refractivity contribution is -0.870. The summed E-state index contributed by atoms with van der Waals surface area (Å²) in [5, 5.41) is 0. The van der Waals surface area contributed by atoms with E-state index in [-0.39, 0.29) is 32.0 Å². The number of quaternary nitrogens is 1. The van der Waals surface area contributed by atoms with Crippen LogP contribution in [0.15, 0.2) is 97.2 Å². The van der Waals surface area contributed by atoms with Gasteiger partial charge in [-0.1, -0.05) is 272 Å². The molecule has 0 saturated carbocycles. The molecule has 0 aliphatic rings. The highest BCUT2D eigenvalue weighted by molar-refractivity contribution is 7.47. The number of carbonyl (C=O) groups excluding carboxylic acids is 2. The topological polar surface area (TPSA) is 108 Å². The first-order valence-electron chi connectivity index (χ1n) is 33.0. The second kappa shape index (κ2) is 60.5. The summed E-state index contributed by atoms with van der Waals surface area (Å²) in [6.07, 6.45) is 83.8. The molecule has 0 aliphatic carbocycles. The van der Waals surface area contributed by atoms with E-state index >= 15 is 0 Å². The minimum atomic E-state index is -4.41. The number of hydrogen-bond donors (Lipinski definition) is 1. The molecule has 462 valence electrons. The number of unbranched alkanes of at least 4 members (excludes halogenated alkanes) is 30. The molecule has 2 unspecified atom stereocenters. The first kappa shape index (κ1) is 76.9. The van der Waals surface area contributed by atoms with Gasteiger partial charge >= 0.3 is 19.8 Å². The van der Waals surface area contributed by atoms with Gasteiger partial charge in [-0.2, -0.15) is 0 Å². The summed E-state index contributed by atoms with van der Waals surface area (Å²) in [5.41, 5.74) is 0.